The number of pyridine rings is 1. The molecule has 0 unspecified atom stereocenters. The smallest absolute Gasteiger partial charge is 0.276 e. The quantitative estimate of drug-likeness (QED) is 0.403. The summed E-state index contributed by atoms with van der Waals surface area (Å²) in [5, 5.41) is 2.56. The van der Waals surface area contributed by atoms with Gasteiger partial charge in [0.25, 0.3) is 11.8 Å². The largest absolute Gasteiger partial charge is 0.483 e. The van der Waals surface area contributed by atoms with E-state index in [1.54, 1.807) is 4.57 Å². The Balaban J connectivity index is 1.51. The minimum atomic E-state index is -0.803. The topological polar surface area (TPSA) is 83.9 Å². The maximum Gasteiger partial charge on any atom is 0.276 e. The molecule has 2 amide bonds. The maximum atomic E-state index is 14.2. The molecule has 2 aromatic carbocycles. The first kappa shape index (κ1) is 29.4. The Hall–Kier alpha value is -4.05. The Kier molecular flexibility index (Phi) is 8.72. The Labute approximate surface area is 243 Å². The summed E-state index contributed by atoms with van der Waals surface area (Å²) < 4.78 is 35.2. The van der Waals surface area contributed by atoms with Crippen LogP contribution in [0.3, 0.4) is 0 Å². The minimum absolute atomic E-state index is 0.0295. The number of rotatable bonds is 9. The monoisotopic (exact) mass is 578 g/mol. The van der Waals surface area contributed by atoms with Gasteiger partial charge in [-0.3, -0.25) is 19.3 Å². The predicted molar refractivity (Wildman–Crippen MR) is 154 cm³/mol. The number of hydrogen-bond acceptors (Lipinski definition) is 5. The number of carbonyl (C=O) groups is 2. The van der Waals surface area contributed by atoms with Crippen LogP contribution < -0.4 is 15.5 Å². The number of amides is 2. The summed E-state index contributed by atoms with van der Waals surface area (Å²) >= 11 is 0. The second kappa shape index (κ2) is 12.4. The lowest BCUT2D eigenvalue weighted by molar-refractivity contribution is -0.0339. The number of ether oxygens (including phenoxy) is 1. The van der Waals surface area contributed by atoms with Crippen LogP contribution in [0.5, 0.6) is 5.75 Å². The summed E-state index contributed by atoms with van der Waals surface area (Å²) in [5.41, 5.74) is 0.0484. The van der Waals surface area contributed by atoms with Crippen LogP contribution in [0.15, 0.2) is 59.5 Å². The van der Waals surface area contributed by atoms with Crippen molar-refractivity contribution in [1.29, 1.82) is 0 Å². The molecule has 10 heteroatoms. The van der Waals surface area contributed by atoms with Gasteiger partial charge in [-0.15, -0.1) is 0 Å². The fourth-order valence-corrected chi connectivity index (χ4v) is 5.60. The highest BCUT2D eigenvalue weighted by Crippen LogP contribution is 2.32. The van der Waals surface area contributed by atoms with Gasteiger partial charge >= 0.3 is 0 Å². The highest BCUT2D eigenvalue weighted by atomic mass is 19.1. The van der Waals surface area contributed by atoms with Crippen molar-refractivity contribution in [3.05, 3.63) is 99.0 Å². The van der Waals surface area contributed by atoms with Crippen molar-refractivity contribution in [3.8, 4) is 5.75 Å². The number of carbonyl (C=O) groups excluding carboxylic acids is 2. The lowest BCUT2D eigenvalue weighted by Gasteiger charge is -2.50. The Bertz CT molecular complexity index is 1520. The summed E-state index contributed by atoms with van der Waals surface area (Å²) in [6, 6.07) is 12.3. The number of nitrogens with one attached hydrogen (secondary N) is 1. The number of fused-ring (bicyclic) bond motifs is 2. The van der Waals surface area contributed by atoms with Crippen LogP contribution in [-0.4, -0.2) is 51.5 Å². The molecule has 0 saturated carbocycles. The molecule has 2 aliphatic rings. The third-order valence-corrected chi connectivity index (χ3v) is 8.01. The van der Waals surface area contributed by atoms with Gasteiger partial charge in [0.05, 0.1) is 6.54 Å². The molecule has 5 rings (SSSR count). The number of hydrogen-bond donors (Lipinski definition) is 1. The fourth-order valence-electron chi connectivity index (χ4n) is 5.60. The van der Waals surface area contributed by atoms with E-state index in [2.05, 4.69) is 24.1 Å². The first-order valence-electron chi connectivity index (χ1n) is 14.4. The van der Waals surface area contributed by atoms with Crippen LogP contribution >= 0.6 is 0 Å². The molecular weight excluding hydrogens is 542 g/mol. The van der Waals surface area contributed by atoms with E-state index in [9.17, 15) is 23.2 Å². The van der Waals surface area contributed by atoms with E-state index in [4.69, 9.17) is 4.74 Å². The van der Waals surface area contributed by atoms with Crippen LogP contribution in [0.4, 0.5) is 8.78 Å². The fraction of sp³-hybridized carbons (Fsp3) is 0.406. The van der Waals surface area contributed by atoms with Gasteiger partial charge in [-0.05, 0) is 37.3 Å². The molecule has 0 aliphatic carbocycles. The van der Waals surface area contributed by atoms with Crippen molar-refractivity contribution >= 4 is 11.8 Å². The van der Waals surface area contributed by atoms with E-state index < -0.39 is 23.0 Å². The van der Waals surface area contributed by atoms with Gasteiger partial charge in [0, 0.05) is 43.5 Å². The third-order valence-electron chi connectivity index (χ3n) is 8.01. The van der Waals surface area contributed by atoms with E-state index in [1.807, 2.05) is 42.2 Å². The van der Waals surface area contributed by atoms with Crippen molar-refractivity contribution in [2.24, 2.45) is 5.92 Å². The molecule has 1 aromatic heterocycles. The summed E-state index contributed by atoms with van der Waals surface area (Å²) in [4.78, 5) is 45.3. The van der Waals surface area contributed by atoms with E-state index in [0.717, 1.165) is 43.6 Å². The van der Waals surface area contributed by atoms with E-state index in [-0.39, 0.29) is 53.8 Å². The van der Waals surface area contributed by atoms with Crippen LogP contribution in [0.1, 0.15) is 65.6 Å². The zero-order valence-electron chi connectivity index (χ0n) is 24.1. The van der Waals surface area contributed by atoms with Crippen molar-refractivity contribution in [2.75, 3.05) is 13.1 Å². The van der Waals surface area contributed by atoms with E-state index >= 15 is 0 Å². The molecule has 8 nitrogen and oxygen atoms in total. The molecule has 2 aliphatic heterocycles. The van der Waals surface area contributed by atoms with Crippen LogP contribution in [0.25, 0.3) is 0 Å². The molecule has 42 heavy (non-hydrogen) atoms. The lowest BCUT2D eigenvalue weighted by Crippen LogP contribution is -2.64. The van der Waals surface area contributed by atoms with Gasteiger partial charge in [-0.25, -0.2) is 8.78 Å². The molecule has 0 radical (unpaired) electrons. The Morgan fingerprint density at radius 3 is 2.60 bits per heavy atom. The zero-order valence-corrected chi connectivity index (χ0v) is 24.1. The van der Waals surface area contributed by atoms with Gasteiger partial charge in [0.15, 0.2) is 11.4 Å². The first-order valence-corrected chi connectivity index (χ1v) is 14.4. The normalized spacial score (nSPS) is 18.5. The SMILES string of the molecule is CC(C)CCN1CC[C@@H](C)N2C(=O)c3c(OCc4ccccc4)c(=O)c(C(=O)NCc4ccc(F)cc4F)cn3C[C@H]12. The van der Waals surface area contributed by atoms with Gasteiger partial charge in [-0.2, -0.15) is 0 Å². The molecule has 222 valence electrons. The first-order chi connectivity index (χ1) is 20.1. The van der Waals surface area contributed by atoms with Crippen molar-refractivity contribution in [2.45, 2.75) is 65.5 Å². The summed E-state index contributed by atoms with van der Waals surface area (Å²) in [5.74, 6) is -2.27. The molecule has 0 spiro atoms. The molecule has 2 atom stereocenters. The standard InChI is InChI=1S/C32H36F2N4O4/c1-20(2)11-13-36-14-12-21(3)38-27(36)18-37-17-25(31(40)35-16-23-9-10-24(33)15-26(23)34)29(39)30(28(37)32(38)41)42-19-22-7-5-4-6-8-22/h4-10,15,17,20-21,27H,11-14,16,18-19H2,1-3H3,(H,35,40)/t21-,27-/m1/s1. The molecule has 3 heterocycles. The summed E-state index contributed by atoms with van der Waals surface area (Å²) in [6.07, 6.45) is 2.95. The Morgan fingerprint density at radius 1 is 1.12 bits per heavy atom. The van der Waals surface area contributed by atoms with Crippen LogP contribution in [-0.2, 0) is 19.7 Å². The van der Waals surface area contributed by atoms with E-state index in [0.29, 0.717) is 12.5 Å². The maximum absolute atomic E-state index is 14.2. The molecular formula is C32H36F2N4O4. The highest BCUT2D eigenvalue weighted by molar-refractivity contribution is 5.99. The second-order valence-electron chi connectivity index (χ2n) is 11.4. The summed E-state index contributed by atoms with van der Waals surface area (Å²) in [6.45, 7) is 8.14. The van der Waals surface area contributed by atoms with Crippen molar-refractivity contribution in [3.63, 3.8) is 0 Å². The van der Waals surface area contributed by atoms with Gasteiger partial charge < -0.3 is 19.5 Å². The molecule has 3 aromatic rings. The minimum Gasteiger partial charge on any atom is -0.483 e. The zero-order chi connectivity index (χ0) is 30.0. The molecule has 1 fully saturated rings. The molecule has 0 bridgehead atoms. The Morgan fingerprint density at radius 2 is 1.88 bits per heavy atom. The van der Waals surface area contributed by atoms with Gasteiger partial charge in [-0.1, -0.05) is 50.2 Å². The van der Waals surface area contributed by atoms with Crippen LogP contribution in [0, 0.1) is 17.6 Å². The second-order valence-corrected chi connectivity index (χ2v) is 11.4. The molecule has 1 N–H and O–H groups in total. The van der Waals surface area contributed by atoms with Crippen molar-refractivity contribution in [1.82, 2.24) is 19.7 Å². The average molecular weight is 579 g/mol. The highest BCUT2D eigenvalue weighted by Gasteiger charge is 2.43. The third kappa shape index (κ3) is 6.09. The van der Waals surface area contributed by atoms with Crippen molar-refractivity contribution < 1.29 is 23.1 Å². The predicted octanol–water partition coefficient (Wildman–Crippen LogP) is 4.56. The number of nitrogens with zero attached hydrogens (tertiary/aromatic N) is 3. The number of halogens is 2. The average Bonchev–Trinajstić information content (AvgIpc) is 2.96. The summed E-state index contributed by atoms with van der Waals surface area (Å²) in [7, 11) is 0. The lowest BCUT2D eigenvalue weighted by atomic mass is 10.0. The van der Waals surface area contributed by atoms with Gasteiger partial charge in [0.2, 0.25) is 5.43 Å². The molecule has 1 saturated heterocycles. The van der Waals surface area contributed by atoms with Crippen LogP contribution in [0.2, 0.25) is 0 Å². The van der Waals surface area contributed by atoms with E-state index in [1.165, 1.54) is 12.3 Å². The number of benzene rings is 2. The number of aromatic nitrogens is 1. The van der Waals surface area contributed by atoms with Gasteiger partial charge in [0.1, 0.15) is 30.0 Å².